The molecule has 2 fully saturated rings. The minimum atomic E-state index is 0.173. The van der Waals surface area contributed by atoms with Gasteiger partial charge >= 0.3 is 0 Å². The van der Waals surface area contributed by atoms with Gasteiger partial charge in [0.2, 0.25) is 5.91 Å². The van der Waals surface area contributed by atoms with E-state index in [-0.39, 0.29) is 5.91 Å². The van der Waals surface area contributed by atoms with Gasteiger partial charge in [-0.2, -0.15) is 0 Å². The van der Waals surface area contributed by atoms with Gasteiger partial charge in [0.05, 0.1) is 25.1 Å². The fourth-order valence-corrected chi connectivity index (χ4v) is 5.12. The predicted molar refractivity (Wildman–Crippen MR) is 120 cm³/mol. The summed E-state index contributed by atoms with van der Waals surface area (Å²) in [6, 6.07) is 0. The molecule has 0 aliphatic carbocycles. The lowest BCUT2D eigenvalue weighted by molar-refractivity contribution is -0.130. The summed E-state index contributed by atoms with van der Waals surface area (Å²) in [7, 11) is 0. The van der Waals surface area contributed by atoms with Crippen LogP contribution in [-0.2, 0) is 16.1 Å². The Hall–Kier alpha value is -1.81. The molecule has 0 spiro atoms. The first-order chi connectivity index (χ1) is 14.5. The first kappa shape index (κ1) is 21.4. The zero-order chi connectivity index (χ0) is 21.1. The number of aryl methyl sites for hydroxylation is 2. The van der Waals surface area contributed by atoms with Crippen LogP contribution in [-0.4, -0.2) is 96.1 Å². The van der Waals surface area contributed by atoms with Gasteiger partial charge in [-0.15, -0.1) is 11.3 Å². The van der Waals surface area contributed by atoms with Crippen molar-refractivity contribution < 1.29 is 9.53 Å². The molecule has 2 aromatic rings. The second kappa shape index (κ2) is 9.55. The van der Waals surface area contributed by atoms with Gasteiger partial charge in [0.15, 0.2) is 0 Å². The van der Waals surface area contributed by atoms with Crippen molar-refractivity contribution in [1.29, 1.82) is 0 Å². The van der Waals surface area contributed by atoms with E-state index in [1.807, 2.05) is 4.90 Å². The third kappa shape index (κ3) is 4.91. The number of aromatic nitrogens is 2. The Labute approximate surface area is 182 Å². The smallest absolute Gasteiger partial charge is 0.219 e. The molecular formula is C21H32N6O2S. The van der Waals surface area contributed by atoms with Crippen LogP contribution < -0.4 is 5.32 Å². The highest BCUT2D eigenvalue weighted by atomic mass is 32.1. The molecule has 30 heavy (non-hydrogen) atoms. The van der Waals surface area contributed by atoms with E-state index in [9.17, 15) is 4.79 Å². The fourth-order valence-electron chi connectivity index (χ4n) is 4.07. The highest BCUT2D eigenvalue weighted by Crippen LogP contribution is 2.33. The normalized spacial score (nSPS) is 18.8. The standard InChI is InChI=1S/C21H32N6O2S/c1-15-16(2)30-21-19(15)20(23-18(24-21)14-26-10-12-29-13-11-26)22-4-5-25-6-8-27(9-7-25)17(3)28/h4-14H2,1-3H3,(H,22,23,24). The van der Waals surface area contributed by atoms with E-state index >= 15 is 0 Å². The molecule has 0 radical (unpaired) electrons. The summed E-state index contributed by atoms with van der Waals surface area (Å²) in [6.45, 7) is 15.4. The summed E-state index contributed by atoms with van der Waals surface area (Å²) < 4.78 is 5.46. The highest BCUT2D eigenvalue weighted by Gasteiger charge is 2.20. The lowest BCUT2D eigenvalue weighted by Gasteiger charge is -2.34. The molecule has 2 aliphatic heterocycles. The number of amides is 1. The van der Waals surface area contributed by atoms with Gasteiger partial charge in [-0.05, 0) is 19.4 Å². The van der Waals surface area contributed by atoms with E-state index in [1.54, 1.807) is 18.3 Å². The van der Waals surface area contributed by atoms with Crippen molar-refractivity contribution in [1.82, 2.24) is 24.7 Å². The van der Waals surface area contributed by atoms with E-state index < -0.39 is 0 Å². The average Bonchev–Trinajstić information content (AvgIpc) is 3.03. The van der Waals surface area contributed by atoms with Crippen LogP contribution in [0.2, 0.25) is 0 Å². The summed E-state index contributed by atoms with van der Waals surface area (Å²) in [6.07, 6.45) is 0. The molecule has 0 aromatic carbocycles. The Balaban J connectivity index is 1.43. The molecule has 0 saturated carbocycles. The molecule has 0 unspecified atom stereocenters. The molecule has 164 valence electrons. The molecule has 1 amide bonds. The molecule has 9 heteroatoms. The van der Waals surface area contributed by atoms with Crippen molar-refractivity contribution in [3.05, 3.63) is 16.3 Å². The summed E-state index contributed by atoms with van der Waals surface area (Å²) in [5.41, 5.74) is 1.27. The molecular weight excluding hydrogens is 400 g/mol. The maximum absolute atomic E-state index is 11.5. The van der Waals surface area contributed by atoms with Gasteiger partial charge in [-0.3, -0.25) is 14.6 Å². The minimum absolute atomic E-state index is 0.173. The zero-order valence-corrected chi connectivity index (χ0v) is 19.1. The number of ether oxygens (including phenoxy) is 1. The van der Waals surface area contributed by atoms with Crippen LogP contribution in [0.15, 0.2) is 0 Å². The quantitative estimate of drug-likeness (QED) is 0.745. The summed E-state index contributed by atoms with van der Waals surface area (Å²) in [5.74, 6) is 2.00. The topological polar surface area (TPSA) is 73.8 Å². The van der Waals surface area contributed by atoms with Crippen molar-refractivity contribution in [3.8, 4) is 0 Å². The molecule has 4 heterocycles. The number of anilines is 1. The number of carbonyl (C=O) groups excluding carboxylic acids is 1. The van der Waals surface area contributed by atoms with Crippen molar-refractivity contribution in [2.45, 2.75) is 27.3 Å². The number of nitrogens with one attached hydrogen (secondary N) is 1. The Kier molecular flexibility index (Phi) is 6.82. The van der Waals surface area contributed by atoms with Crippen LogP contribution in [0.5, 0.6) is 0 Å². The number of hydrogen-bond acceptors (Lipinski definition) is 8. The van der Waals surface area contributed by atoms with Crippen LogP contribution in [0.25, 0.3) is 10.2 Å². The van der Waals surface area contributed by atoms with Crippen LogP contribution >= 0.6 is 11.3 Å². The molecule has 2 aromatic heterocycles. The number of thiophene rings is 1. The van der Waals surface area contributed by atoms with Gasteiger partial charge < -0.3 is 15.0 Å². The minimum Gasteiger partial charge on any atom is -0.379 e. The molecule has 0 bridgehead atoms. The molecule has 8 nitrogen and oxygen atoms in total. The number of morpholine rings is 1. The van der Waals surface area contributed by atoms with E-state index in [1.165, 1.54) is 10.4 Å². The van der Waals surface area contributed by atoms with Crippen LogP contribution in [0.4, 0.5) is 5.82 Å². The first-order valence-electron chi connectivity index (χ1n) is 10.8. The highest BCUT2D eigenvalue weighted by molar-refractivity contribution is 7.18. The van der Waals surface area contributed by atoms with Crippen molar-refractivity contribution in [3.63, 3.8) is 0 Å². The number of carbonyl (C=O) groups is 1. The van der Waals surface area contributed by atoms with Crippen molar-refractivity contribution >= 4 is 33.3 Å². The largest absolute Gasteiger partial charge is 0.379 e. The molecule has 2 saturated heterocycles. The lowest BCUT2D eigenvalue weighted by atomic mass is 10.2. The SMILES string of the molecule is CC(=O)N1CCN(CCNc2nc(CN3CCOCC3)nc3sc(C)c(C)c23)CC1. The number of hydrogen-bond donors (Lipinski definition) is 1. The Morgan fingerprint density at radius 1 is 1.07 bits per heavy atom. The van der Waals surface area contributed by atoms with Crippen LogP contribution in [0.1, 0.15) is 23.2 Å². The number of piperazine rings is 1. The van der Waals surface area contributed by atoms with Crippen molar-refractivity contribution in [2.75, 3.05) is 70.9 Å². The number of fused-ring (bicyclic) bond motifs is 1. The molecule has 2 aliphatic rings. The van der Waals surface area contributed by atoms with Gasteiger partial charge in [0.25, 0.3) is 0 Å². The summed E-state index contributed by atoms with van der Waals surface area (Å²) in [5, 5.41) is 4.75. The Morgan fingerprint density at radius 3 is 2.50 bits per heavy atom. The average molecular weight is 433 g/mol. The first-order valence-corrected chi connectivity index (χ1v) is 11.6. The van der Waals surface area contributed by atoms with E-state index in [2.05, 4.69) is 29.0 Å². The van der Waals surface area contributed by atoms with E-state index in [0.29, 0.717) is 0 Å². The maximum Gasteiger partial charge on any atom is 0.219 e. The van der Waals surface area contributed by atoms with E-state index in [0.717, 1.165) is 94.0 Å². The Bertz CT molecular complexity index is 887. The third-order valence-electron chi connectivity index (χ3n) is 6.08. The summed E-state index contributed by atoms with van der Waals surface area (Å²) in [4.78, 5) is 30.4. The van der Waals surface area contributed by atoms with Gasteiger partial charge in [0.1, 0.15) is 16.5 Å². The fraction of sp³-hybridized carbons (Fsp3) is 0.667. The second-order valence-corrected chi connectivity index (χ2v) is 9.32. The summed E-state index contributed by atoms with van der Waals surface area (Å²) >= 11 is 1.75. The van der Waals surface area contributed by atoms with Gasteiger partial charge in [-0.25, -0.2) is 9.97 Å². The number of rotatable bonds is 6. The zero-order valence-electron chi connectivity index (χ0n) is 18.2. The van der Waals surface area contributed by atoms with Crippen LogP contribution in [0, 0.1) is 13.8 Å². The predicted octanol–water partition coefficient (Wildman–Crippen LogP) is 1.72. The second-order valence-electron chi connectivity index (χ2n) is 8.11. The number of nitrogens with zero attached hydrogens (tertiary/aromatic N) is 5. The van der Waals surface area contributed by atoms with Gasteiger partial charge in [0, 0.05) is 64.2 Å². The van der Waals surface area contributed by atoms with Crippen LogP contribution in [0.3, 0.4) is 0 Å². The third-order valence-corrected chi connectivity index (χ3v) is 7.18. The monoisotopic (exact) mass is 432 g/mol. The molecule has 0 atom stereocenters. The van der Waals surface area contributed by atoms with Gasteiger partial charge in [-0.1, -0.05) is 0 Å². The van der Waals surface area contributed by atoms with Crippen molar-refractivity contribution in [2.24, 2.45) is 0 Å². The lowest BCUT2D eigenvalue weighted by Crippen LogP contribution is -2.49. The Morgan fingerprint density at radius 2 is 1.80 bits per heavy atom. The maximum atomic E-state index is 11.5. The molecule has 1 N–H and O–H groups in total. The molecule has 4 rings (SSSR count). The van der Waals surface area contributed by atoms with E-state index in [4.69, 9.17) is 14.7 Å².